The molecule has 0 aromatic carbocycles. The molecule has 1 aromatic heterocycles. The van der Waals surface area contributed by atoms with E-state index in [1.165, 1.54) is 0 Å². The number of nitrogens with zero attached hydrogens (tertiary/aromatic N) is 1. The summed E-state index contributed by atoms with van der Waals surface area (Å²) in [6.07, 6.45) is 9.42. The van der Waals surface area contributed by atoms with Crippen LogP contribution in [0.25, 0.3) is 12.2 Å². The number of hydrogen-bond acceptors (Lipinski definition) is 1. The third-order valence-electron chi connectivity index (χ3n) is 2.22. The molecule has 0 radical (unpaired) electrons. The second-order valence-electron chi connectivity index (χ2n) is 3.65. The van der Waals surface area contributed by atoms with Gasteiger partial charge in [0.2, 0.25) is 0 Å². The molecule has 78 valence electrons. The van der Waals surface area contributed by atoms with Gasteiger partial charge in [0.15, 0.2) is 0 Å². The van der Waals surface area contributed by atoms with Gasteiger partial charge in [0.1, 0.15) is 0 Å². The van der Waals surface area contributed by atoms with E-state index in [0.717, 1.165) is 16.8 Å². The quantitative estimate of drug-likeness (QED) is 0.667. The lowest BCUT2D eigenvalue weighted by Gasteiger charge is -2.10. The molecule has 0 atom stereocenters. The second kappa shape index (κ2) is 5.30. The summed E-state index contributed by atoms with van der Waals surface area (Å²) >= 11 is 0. The maximum Gasteiger partial charge on any atom is 0.0507 e. The number of rotatable bonds is 4. The van der Waals surface area contributed by atoms with Crippen LogP contribution in [0, 0.1) is 0 Å². The highest BCUT2D eigenvalue weighted by Gasteiger charge is 2.08. The highest BCUT2D eigenvalue weighted by molar-refractivity contribution is 5.66. The summed E-state index contributed by atoms with van der Waals surface area (Å²) in [5.41, 5.74) is 3.36. The number of pyridine rings is 1. The molecule has 0 N–H and O–H groups in total. The van der Waals surface area contributed by atoms with Crippen LogP contribution in [0.5, 0.6) is 0 Å². The van der Waals surface area contributed by atoms with Gasteiger partial charge in [-0.25, -0.2) is 0 Å². The molecule has 0 aliphatic carbocycles. The summed E-state index contributed by atoms with van der Waals surface area (Å²) in [5, 5.41) is 0. The van der Waals surface area contributed by atoms with Gasteiger partial charge in [-0.3, -0.25) is 4.98 Å². The van der Waals surface area contributed by atoms with E-state index in [1.54, 1.807) is 6.08 Å². The maximum atomic E-state index is 4.41. The smallest absolute Gasteiger partial charge is 0.0507 e. The van der Waals surface area contributed by atoms with Crippen molar-refractivity contribution < 1.29 is 0 Å². The summed E-state index contributed by atoms with van der Waals surface area (Å²) in [6.45, 7) is 11.8. The van der Waals surface area contributed by atoms with Crippen LogP contribution in [-0.2, 0) is 0 Å². The maximum absolute atomic E-state index is 4.41. The molecule has 15 heavy (non-hydrogen) atoms. The molecule has 1 heteroatoms. The van der Waals surface area contributed by atoms with Crippen molar-refractivity contribution in [3.63, 3.8) is 0 Å². The van der Waals surface area contributed by atoms with Crippen LogP contribution < -0.4 is 0 Å². The number of allylic oxidation sites excluding steroid dienone is 2. The normalized spacial score (nSPS) is 10.9. The van der Waals surface area contributed by atoms with Gasteiger partial charge in [-0.15, -0.1) is 0 Å². The first-order valence-electron chi connectivity index (χ1n) is 5.11. The Hall–Kier alpha value is -1.63. The number of hydrogen-bond donors (Lipinski definition) is 0. The standard InChI is InChI=1S/C14H17N/c1-5-7-8-13-12(6-2)9-10-15-14(13)11(3)4/h5-11H,1-2H2,3-4H3/b8-7-. The second-order valence-corrected chi connectivity index (χ2v) is 3.65. The van der Waals surface area contributed by atoms with Crippen LogP contribution in [0.1, 0.15) is 36.6 Å². The van der Waals surface area contributed by atoms with Gasteiger partial charge in [0.05, 0.1) is 5.69 Å². The van der Waals surface area contributed by atoms with Crippen molar-refractivity contribution in [2.24, 2.45) is 0 Å². The molecular formula is C14H17N. The zero-order valence-corrected chi connectivity index (χ0v) is 9.40. The molecule has 1 rings (SSSR count). The highest BCUT2D eigenvalue weighted by Crippen LogP contribution is 2.22. The highest BCUT2D eigenvalue weighted by atomic mass is 14.7. The molecule has 0 aliphatic rings. The van der Waals surface area contributed by atoms with Gasteiger partial charge in [0, 0.05) is 11.8 Å². The van der Waals surface area contributed by atoms with Crippen molar-refractivity contribution in [3.05, 3.63) is 54.4 Å². The van der Waals surface area contributed by atoms with Gasteiger partial charge in [-0.2, -0.15) is 0 Å². The Balaban J connectivity index is 3.32. The molecule has 0 spiro atoms. The lowest BCUT2D eigenvalue weighted by molar-refractivity contribution is 0.819. The van der Waals surface area contributed by atoms with Gasteiger partial charge >= 0.3 is 0 Å². The zero-order valence-electron chi connectivity index (χ0n) is 9.40. The summed E-state index contributed by atoms with van der Waals surface area (Å²) in [6, 6.07) is 1.97. The van der Waals surface area contributed by atoms with E-state index in [4.69, 9.17) is 0 Å². The summed E-state index contributed by atoms with van der Waals surface area (Å²) in [4.78, 5) is 4.41. The predicted octanol–water partition coefficient (Wildman–Crippen LogP) is 4.05. The molecule has 0 saturated carbocycles. The van der Waals surface area contributed by atoms with E-state index in [1.807, 2.05) is 30.5 Å². The summed E-state index contributed by atoms with van der Waals surface area (Å²) in [7, 11) is 0. The summed E-state index contributed by atoms with van der Waals surface area (Å²) < 4.78 is 0. The molecule has 0 fully saturated rings. The Morgan fingerprint density at radius 2 is 2.07 bits per heavy atom. The minimum atomic E-state index is 0.411. The predicted molar refractivity (Wildman–Crippen MR) is 67.6 cm³/mol. The van der Waals surface area contributed by atoms with Gasteiger partial charge in [0.25, 0.3) is 0 Å². The monoisotopic (exact) mass is 199 g/mol. The molecule has 1 aromatic rings. The van der Waals surface area contributed by atoms with Crippen molar-refractivity contribution in [1.82, 2.24) is 4.98 Å². The van der Waals surface area contributed by atoms with Crippen molar-refractivity contribution >= 4 is 12.2 Å². The van der Waals surface area contributed by atoms with Crippen molar-refractivity contribution in [1.29, 1.82) is 0 Å². The van der Waals surface area contributed by atoms with E-state index in [-0.39, 0.29) is 0 Å². The third-order valence-corrected chi connectivity index (χ3v) is 2.22. The molecule has 0 unspecified atom stereocenters. The van der Waals surface area contributed by atoms with Gasteiger partial charge < -0.3 is 0 Å². The molecule has 1 heterocycles. The minimum Gasteiger partial charge on any atom is -0.260 e. The molecular weight excluding hydrogens is 182 g/mol. The molecule has 0 amide bonds. The first kappa shape index (κ1) is 11.4. The average Bonchev–Trinajstić information content (AvgIpc) is 2.25. The average molecular weight is 199 g/mol. The SMILES string of the molecule is C=C/C=C\c1c(C=C)ccnc1C(C)C. The molecule has 0 saturated heterocycles. The van der Waals surface area contributed by atoms with Crippen LogP contribution in [0.3, 0.4) is 0 Å². The van der Waals surface area contributed by atoms with Crippen LogP contribution >= 0.6 is 0 Å². The third kappa shape index (κ3) is 2.66. The van der Waals surface area contributed by atoms with E-state index in [2.05, 4.69) is 32.0 Å². The van der Waals surface area contributed by atoms with Crippen LogP contribution in [0.2, 0.25) is 0 Å². The number of aromatic nitrogens is 1. The first-order valence-corrected chi connectivity index (χ1v) is 5.11. The Morgan fingerprint density at radius 1 is 1.33 bits per heavy atom. The zero-order chi connectivity index (χ0) is 11.3. The minimum absolute atomic E-state index is 0.411. The Kier molecular flexibility index (Phi) is 4.04. The van der Waals surface area contributed by atoms with Gasteiger partial charge in [-0.05, 0) is 17.5 Å². The Labute approximate surface area is 91.9 Å². The van der Waals surface area contributed by atoms with Gasteiger partial charge in [-0.1, -0.05) is 51.3 Å². The van der Waals surface area contributed by atoms with E-state index in [9.17, 15) is 0 Å². The first-order chi connectivity index (χ1) is 7.20. The fourth-order valence-electron chi connectivity index (χ4n) is 1.49. The summed E-state index contributed by atoms with van der Waals surface area (Å²) in [5.74, 6) is 0.411. The Morgan fingerprint density at radius 3 is 2.60 bits per heavy atom. The van der Waals surface area contributed by atoms with E-state index < -0.39 is 0 Å². The lowest BCUT2D eigenvalue weighted by Crippen LogP contribution is -1.98. The fourth-order valence-corrected chi connectivity index (χ4v) is 1.49. The molecule has 1 nitrogen and oxygen atoms in total. The topological polar surface area (TPSA) is 12.9 Å². The lowest BCUT2D eigenvalue weighted by atomic mass is 9.99. The Bertz CT molecular complexity index is 386. The largest absolute Gasteiger partial charge is 0.260 e. The van der Waals surface area contributed by atoms with E-state index in [0.29, 0.717) is 5.92 Å². The molecule has 0 bridgehead atoms. The van der Waals surface area contributed by atoms with Crippen LogP contribution in [-0.4, -0.2) is 4.98 Å². The van der Waals surface area contributed by atoms with Crippen molar-refractivity contribution in [2.75, 3.05) is 0 Å². The fraction of sp³-hybridized carbons (Fsp3) is 0.214. The van der Waals surface area contributed by atoms with E-state index >= 15 is 0 Å². The van der Waals surface area contributed by atoms with Crippen LogP contribution in [0.4, 0.5) is 0 Å². The van der Waals surface area contributed by atoms with Crippen LogP contribution in [0.15, 0.2) is 37.6 Å². The molecule has 0 aliphatic heterocycles. The van der Waals surface area contributed by atoms with Crippen molar-refractivity contribution in [3.8, 4) is 0 Å². The van der Waals surface area contributed by atoms with Crippen molar-refractivity contribution in [2.45, 2.75) is 19.8 Å².